The number of carbonyl (C=O) groups excluding carboxylic acids is 1. The molecule has 2 aliphatic rings. The minimum atomic E-state index is -0.000153. The van der Waals surface area contributed by atoms with E-state index in [1.807, 2.05) is 35.5 Å². The highest BCUT2D eigenvalue weighted by atomic mass is 35.5. The van der Waals surface area contributed by atoms with E-state index in [0.717, 1.165) is 18.7 Å². The summed E-state index contributed by atoms with van der Waals surface area (Å²) < 4.78 is 10.6. The Morgan fingerprint density at radius 2 is 1.88 bits per heavy atom. The molecule has 0 unspecified atom stereocenters. The third-order valence-electron chi connectivity index (χ3n) is 4.53. The van der Waals surface area contributed by atoms with Gasteiger partial charge in [-0.05, 0) is 23.8 Å². The molecule has 1 fully saturated rings. The number of pyridine rings is 1. The Morgan fingerprint density at radius 3 is 2.65 bits per heavy atom. The molecule has 26 heavy (non-hydrogen) atoms. The van der Waals surface area contributed by atoms with Crippen molar-refractivity contribution in [1.29, 1.82) is 0 Å². The molecule has 7 heteroatoms. The van der Waals surface area contributed by atoms with Crippen LogP contribution in [-0.4, -0.2) is 43.8 Å². The molecule has 1 aromatic carbocycles. The summed E-state index contributed by atoms with van der Waals surface area (Å²) in [6.45, 7) is 3.21. The minimum Gasteiger partial charge on any atom is -0.454 e. The fraction of sp³-hybridized carbons (Fsp3) is 0.263. The number of ether oxygens (including phenoxy) is 2. The first-order valence-electron chi connectivity index (χ1n) is 8.48. The number of hydrogen-bond donors (Lipinski definition) is 0. The van der Waals surface area contributed by atoms with E-state index in [9.17, 15) is 4.79 Å². The van der Waals surface area contributed by atoms with Crippen molar-refractivity contribution < 1.29 is 19.3 Å². The first-order chi connectivity index (χ1) is 12.7. The maximum atomic E-state index is 12.5. The van der Waals surface area contributed by atoms with Crippen LogP contribution in [0.25, 0.3) is 6.08 Å². The third kappa shape index (κ3) is 3.46. The van der Waals surface area contributed by atoms with E-state index >= 15 is 0 Å². The number of carbonyl (C=O) groups is 1. The van der Waals surface area contributed by atoms with E-state index in [-0.39, 0.29) is 12.7 Å². The molecule has 0 bridgehead atoms. The molecule has 0 spiro atoms. The van der Waals surface area contributed by atoms with Gasteiger partial charge >= 0.3 is 0 Å². The fourth-order valence-corrected chi connectivity index (χ4v) is 3.40. The molecular weight excluding hydrogens is 354 g/mol. The van der Waals surface area contributed by atoms with Gasteiger partial charge in [-0.15, -0.1) is 0 Å². The Morgan fingerprint density at radius 1 is 1.12 bits per heavy atom. The van der Waals surface area contributed by atoms with Crippen LogP contribution in [0.3, 0.4) is 0 Å². The second kappa shape index (κ2) is 7.25. The maximum Gasteiger partial charge on any atom is 0.246 e. The Balaban J connectivity index is 1.37. The highest BCUT2D eigenvalue weighted by Crippen LogP contribution is 2.40. The highest BCUT2D eigenvalue weighted by Gasteiger charge is 2.21. The number of nitrogens with one attached hydrogen (secondary N) is 1. The number of nitrogens with zero attached hydrogens (tertiary/aromatic N) is 2. The molecule has 1 saturated heterocycles. The molecule has 2 aromatic rings. The zero-order chi connectivity index (χ0) is 17.9. The van der Waals surface area contributed by atoms with Crippen molar-refractivity contribution in [3.05, 3.63) is 53.3 Å². The molecule has 2 aliphatic heterocycles. The van der Waals surface area contributed by atoms with E-state index in [4.69, 9.17) is 21.1 Å². The number of aromatic amines is 1. The molecule has 3 heterocycles. The average molecular weight is 373 g/mol. The van der Waals surface area contributed by atoms with Crippen molar-refractivity contribution >= 4 is 29.3 Å². The van der Waals surface area contributed by atoms with E-state index in [0.29, 0.717) is 29.6 Å². The van der Waals surface area contributed by atoms with E-state index in [2.05, 4.69) is 9.88 Å². The Labute approximate surface area is 156 Å². The standard InChI is InChI=1S/C19H18ClN3O3/c20-16-11-14(12-17-19(16)26-13-25-17)1-2-18(24)23-9-7-22(8-10-23)15-3-5-21-6-4-15/h1-6,11-12H,7-10,13H2/p+1/b2-1+. The Kier molecular flexibility index (Phi) is 4.67. The topological polar surface area (TPSA) is 56.2 Å². The molecule has 1 N–H and O–H groups in total. The molecule has 134 valence electrons. The minimum absolute atomic E-state index is 0.000153. The molecule has 0 radical (unpaired) electrons. The smallest absolute Gasteiger partial charge is 0.246 e. The zero-order valence-electron chi connectivity index (χ0n) is 14.2. The quantitative estimate of drug-likeness (QED) is 0.775. The first-order valence-corrected chi connectivity index (χ1v) is 8.86. The van der Waals surface area contributed by atoms with Crippen molar-refractivity contribution in [2.45, 2.75) is 0 Å². The summed E-state index contributed by atoms with van der Waals surface area (Å²) >= 11 is 6.17. The molecule has 1 amide bonds. The number of fused-ring (bicyclic) bond motifs is 1. The van der Waals surface area contributed by atoms with Crippen LogP contribution in [0.2, 0.25) is 5.02 Å². The van der Waals surface area contributed by atoms with Crippen LogP contribution < -0.4 is 19.4 Å². The van der Waals surface area contributed by atoms with E-state index in [1.165, 1.54) is 5.69 Å². The summed E-state index contributed by atoms with van der Waals surface area (Å²) in [4.78, 5) is 19.6. The van der Waals surface area contributed by atoms with Crippen LogP contribution in [0.15, 0.2) is 42.7 Å². The van der Waals surface area contributed by atoms with Crippen LogP contribution in [0.4, 0.5) is 5.69 Å². The van der Waals surface area contributed by atoms with E-state index < -0.39 is 0 Å². The van der Waals surface area contributed by atoms with Crippen molar-refractivity contribution in [3.63, 3.8) is 0 Å². The number of piperazine rings is 1. The summed E-state index contributed by atoms with van der Waals surface area (Å²) in [7, 11) is 0. The first kappa shape index (κ1) is 16.7. The number of anilines is 1. The van der Waals surface area contributed by atoms with Gasteiger partial charge in [0.25, 0.3) is 0 Å². The van der Waals surface area contributed by atoms with Gasteiger partial charge < -0.3 is 19.3 Å². The molecule has 6 nitrogen and oxygen atoms in total. The fourth-order valence-electron chi connectivity index (χ4n) is 3.13. The summed E-state index contributed by atoms with van der Waals surface area (Å²) in [6, 6.07) is 7.67. The van der Waals surface area contributed by atoms with Gasteiger partial charge in [0.15, 0.2) is 23.9 Å². The molecular formula is C19H19ClN3O3+. The summed E-state index contributed by atoms with van der Waals surface area (Å²) in [5.74, 6) is 1.17. The van der Waals surface area contributed by atoms with Crippen molar-refractivity contribution in [1.82, 2.24) is 4.90 Å². The normalized spacial score (nSPS) is 16.3. The lowest BCUT2D eigenvalue weighted by molar-refractivity contribution is -0.377. The monoisotopic (exact) mass is 372 g/mol. The molecule has 0 saturated carbocycles. The van der Waals surface area contributed by atoms with Crippen molar-refractivity contribution in [3.8, 4) is 11.5 Å². The predicted octanol–water partition coefficient (Wildman–Crippen LogP) is 2.24. The summed E-state index contributed by atoms with van der Waals surface area (Å²) in [6.07, 6.45) is 7.16. The van der Waals surface area contributed by atoms with Gasteiger partial charge in [-0.3, -0.25) is 4.79 Å². The summed E-state index contributed by atoms with van der Waals surface area (Å²) in [5.41, 5.74) is 1.98. The zero-order valence-corrected chi connectivity index (χ0v) is 14.9. The van der Waals surface area contributed by atoms with Gasteiger partial charge in [0.2, 0.25) is 12.7 Å². The van der Waals surface area contributed by atoms with Gasteiger partial charge in [0.1, 0.15) is 0 Å². The van der Waals surface area contributed by atoms with E-state index in [1.54, 1.807) is 18.2 Å². The Hall–Kier alpha value is -2.73. The van der Waals surface area contributed by atoms with Crippen molar-refractivity contribution in [2.24, 2.45) is 0 Å². The lowest BCUT2D eigenvalue weighted by Crippen LogP contribution is -2.48. The summed E-state index contributed by atoms with van der Waals surface area (Å²) in [5, 5.41) is 0.487. The van der Waals surface area contributed by atoms with Crippen LogP contribution in [-0.2, 0) is 4.79 Å². The highest BCUT2D eigenvalue weighted by molar-refractivity contribution is 6.32. The van der Waals surface area contributed by atoms with Crippen LogP contribution >= 0.6 is 11.6 Å². The van der Waals surface area contributed by atoms with Crippen LogP contribution in [0, 0.1) is 0 Å². The van der Waals surface area contributed by atoms with Crippen molar-refractivity contribution in [2.75, 3.05) is 37.9 Å². The lowest BCUT2D eigenvalue weighted by Gasteiger charge is -2.35. The number of amides is 1. The van der Waals surface area contributed by atoms with Crippen LogP contribution in [0.1, 0.15) is 5.56 Å². The number of benzene rings is 1. The number of aromatic nitrogens is 1. The number of H-pyrrole nitrogens is 1. The largest absolute Gasteiger partial charge is 0.454 e. The number of rotatable bonds is 3. The maximum absolute atomic E-state index is 12.5. The lowest BCUT2D eigenvalue weighted by atomic mass is 10.2. The second-order valence-corrected chi connectivity index (χ2v) is 6.55. The average Bonchev–Trinajstić information content (AvgIpc) is 3.16. The number of hydrogen-bond acceptors (Lipinski definition) is 4. The van der Waals surface area contributed by atoms with Gasteiger partial charge in [-0.1, -0.05) is 11.6 Å². The predicted molar refractivity (Wildman–Crippen MR) is 98.4 cm³/mol. The van der Waals surface area contributed by atoms with Crippen LogP contribution in [0.5, 0.6) is 11.5 Å². The van der Waals surface area contributed by atoms with Gasteiger partial charge in [-0.25, -0.2) is 4.98 Å². The second-order valence-electron chi connectivity index (χ2n) is 6.14. The molecule has 0 aliphatic carbocycles. The van der Waals surface area contributed by atoms with Gasteiger partial charge in [-0.2, -0.15) is 0 Å². The Bertz CT molecular complexity index is 833. The number of halogens is 1. The molecule has 4 rings (SSSR count). The van der Waals surface area contributed by atoms with Gasteiger partial charge in [0.05, 0.1) is 5.02 Å². The molecule has 0 atom stereocenters. The molecule has 1 aromatic heterocycles. The SMILES string of the molecule is O=C(/C=C/c1cc(Cl)c2c(c1)OCO2)N1CCN(c2cc[nH+]cc2)CC1. The van der Waals surface area contributed by atoms with Gasteiger partial charge in [0, 0.05) is 50.1 Å². The third-order valence-corrected chi connectivity index (χ3v) is 4.81.